The Kier molecular flexibility index (Phi) is 5.86. The predicted octanol–water partition coefficient (Wildman–Crippen LogP) is 2.62. The molecular weight excluding hydrogens is 252 g/mol. The van der Waals surface area contributed by atoms with Crippen LogP contribution in [0.15, 0.2) is 0 Å². The molecule has 1 heterocycles. The van der Waals surface area contributed by atoms with Gasteiger partial charge in [0.1, 0.15) is 6.04 Å². The van der Waals surface area contributed by atoms with E-state index in [0.717, 1.165) is 45.1 Å². The smallest absolute Gasteiger partial charge is 0.243 e. The fourth-order valence-electron chi connectivity index (χ4n) is 3.35. The van der Waals surface area contributed by atoms with Crippen molar-refractivity contribution in [2.24, 2.45) is 0 Å². The Morgan fingerprint density at radius 2 is 1.85 bits per heavy atom. The standard InChI is InChI=1S/C16H28N2O2/c1-2-3-11-15(19)18-12-7-10-14(18)16(20)17-13-8-5-4-6-9-13/h13-14H,2-12H2,1H3,(H,17,20)/t14-/m0/s1. The summed E-state index contributed by atoms with van der Waals surface area (Å²) in [5.74, 6) is 0.243. The second kappa shape index (κ2) is 7.65. The van der Waals surface area contributed by atoms with Gasteiger partial charge in [0, 0.05) is 19.0 Å². The van der Waals surface area contributed by atoms with E-state index in [4.69, 9.17) is 0 Å². The summed E-state index contributed by atoms with van der Waals surface area (Å²) in [6.07, 6.45) is 10.2. The maximum Gasteiger partial charge on any atom is 0.243 e. The molecule has 2 fully saturated rings. The van der Waals surface area contributed by atoms with Crippen LogP contribution in [-0.2, 0) is 9.59 Å². The monoisotopic (exact) mass is 280 g/mol. The van der Waals surface area contributed by atoms with Gasteiger partial charge in [-0.25, -0.2) is 0 Å². The third kappa shape index (κ3) is 3.97. The topological polar surface area (TPSA) is 49.4 Å². The molecule has 0 aromatic carbocycles. The summed E-state index contributed by atoms with van der Waals surface area (Å²) in [6, 6.07) is 0.130. The number of hydrogen-bond acceptors (Lipinski definition) is 2. The lowest BCUT2D eigenvalue weighted by molar-refractivity contribution is -0.138. The Morgan fingerprint density at radius 3 is 2.55 bits per heavy atom. The van der Waals surface area contributed by atoms with Gasteiger partial charge in [-0.05, 0) is 32.1 Å². The molecule has 1 N–H and O–H groups in total. The first-order valence-corrected chi connectivity index (χ1v) is 8.32. The third-order valence-corrected chi connectivity index (χ3v) is 4.57. The minimum Gasteiger partial charge on any atom is -0.352 e. The number of nitrogens with one attached hydrogen (secondary N) is 1. The van der Waals surface area contributed by atoms with E-state index in [0.29, 0.717) is 12.5 Å². The lowest BCUT2D eigenvalue weighted by Gasteiger charge is -2.28. The van der Waals surface area contributed by atoms with Crippen molar-refractivity contribution in [1.82, 2.24) is 10.2 Å². The molecule has 1 atom stereocenters. The van der Waals surface area contributed by atoms with Crippen molar-refractivity contribution in [3.8, 4) is 0 Å². The number of likely N-dealkylation sites (tertiary alicyclic amines) is 1. The Labute approximate surface area is 122 Å². The van der Waals surface area contributed by atoms with E-state index in [-0.39, 0.29) is 17.9 Å². The molecule has 4 nitrogen and oxygen atoms in total. The molecule has 2 amide bonds. The number of unbranched alkanes of at least 4 members (excludes halogenated alkanes) is 1. The van der Waals surface area contributed by atoms with Gasteiger partial charge in [-0.15, -0.1) is 0 Å². The van der Waals surface area contributed by atoms with Crippen LogP contribution >= 0.6 is 0 Å². The summed E-state index contributed by atoms with van der Waals surface area (Å²) >= 11 is 0. The SMILES string of the molecule is CCCCC(=O)N1CCC[C@H]1C(=O)NC1CCCCC1. The molecule has 114 valence electrons. The van der Waals surface area contributed by atoms with Crippen molar-refractivity contribution >= 4 is 11.8 Å². The first-order chi connectivity index (χ1) is 9.72. The summed E-state index contributed by atoms with van der Waals surface area (Å²) in [4.78, 5) is 26.4. The van der Waals surface area contributed by atoms with Crippen LogP contribution in [0.1, 0.15) is 71.1 Å². The molecule has 0 radical (unpaired) electrons. The van der Waals surface area contributed by atoms with Gasteiger partial charge in [-0.1, -0.05) is 32.6 Å². The van der Waals surface area contributed by atoms with Crippen molar-refractivity contribution in [3.63, 3.8) is 0 Å². The quantitative estimate of drug-likeness (QED) is 0.841. The molecule has 0 aromatic heterocycles. The van der Waals surface area contributed by atoms with Crippen LogP contribution in [0.2, 0.25) is 0 Å². The van der Waals surface area contributed by atoms with Crippen molar-refractivity contribution < 1.29 is 9.59 Å². The molecule has 0 spiro atoms. The molecule has 1 saturated carbocycles. The van der Waals surface area contributed by atoms with Gasteiger partial charge in [0.2, 0.25) is 11.8 Å². The lowest BCUT2D eigenvalue weighted by atomic mass is 9.95. The molecule has 0 bridgehead atoms. The van der Waals surface area contributed by atoms with Gasteiger partial charge in [0.15, 0.2) is 0 Å². The van der Waals surface area contributed by atoms with Crippen LogP contribution < -0.4 is 5.32 Å². The molecule has 1 saturated heterocycles. The number of carbonyl (C=O) groups excluding carboxylic acids is 2. The molecule has 0 aromatic rings. The van der Waals surface area contributed by atoms with Crippen LogP contribution in [0.3, 0.4) is 0 Å². The van der Waals surface area contributed by atoms with E-state index in [1.165, 1.54) is 19.3 Å². The highest BCUT2D eigenvalue weighted by Crippen LogP contribution is 2.21. The Morgan fingerprint density at radius 1 is 1.10 bits per heavy atom. The number of hydrogen-bond donors (Lipinski definition) is 1. The maximum atomic E-state index is 12.4. The largest absolute Gasteiger partial charge is 0.352 e. The summed E-state index contributed by atoms with van der Waals surface area (Å²) in [5, 5.41) is 3.17. The first-order valence-electron chi connectivity index (χ1n) is 8.32. The van der Waals surface area contributed by atoms with E-state index in [1.54, 1.807) is 0 Å². The minimum absolute atomic E-state index is 0.0826. The van der Waals surface area contributed by atoms with Gasteiger partial charge in [0.05, 0.1) is 0 Å². The highest BCUT2D eigenvalue weighted by Gasteiger charge is 2.34. The Hall–Kier alpha value is -1.06. The zero-order valence-electron chi connectivity index (χ0n) is 12.7. The van der Waals surface area contributed by atoms with Gasteiger partial charge < -0.3 is 10.2 Å². The molecule has 20 heavy (non-hydrogen) atoms. The van der Waals surface area contributed by atoms with E-state index in [1.807, 2.05) is 4.90 Å². The van der Waals surface area contributed by atoms with Crippen molar-refractivity contribution in [2.75, 3.05) is 6.54 Å². The lowest BCUT2D eigenvalue weighted by Crippen LogP contribution is -2.49. The molecule has 1 aliphatic carbocycles. The Bertz CT molecular complexity index is 337. The van der Waals surface area contributed by atoms with E-state index in [2.05, 4.69) is 12.2 Å². The van der Waals surface area contributed by atoms with E-state index < -0.39 is 0 Å². The summed E-state index contributed by atoms with van der Waals surface area (Å²) in [7, 11) is 0. The van der Waals surface area contributed by atoms with Gasteiger partial charge in [0.25, 0.3) is 0 Å². The van der Waals surface area contributed by atoms with Crippen molar-refractivity contribution in [1.29, 1.82) is 0 Å². The highest BCUT2D eigenvalue weighted by atomic mass is 16.2. The predicted molar refractivity (Wildman–Crippen MR) is 79.3 cm³/mol. The van der Waals surface area contributed by atoms with Gasteiger partial charge >= 0.3 is 0 Å². The number of nitrogens with zero attached hydrogens (tertiary/aromatic N) is 1. The summed E-state index contributed by atoms with van der Waals surface area (Å²) < 4.78 is 0. The van der Waals surface area contributed by atoms with Crippen LogP contribution in [0, 0.1) is 0 Å². The molecule has 2 rings (SSSR count). The number of rotatable bonds is 5. The van der Waals surface area contributed by atoms with Crippen molar-refractivity contribution in [3.05, 3.63) is 0 Å². The van der Waals surface area contributed by atoms with Crippen LogP contribution in [-0.4, -0.2) is 35.3 Å². The highest BCUT2D eigenvalue weighted by molar-refractivity contribution is 5.88. The van der Waals surface area contributed by atoms with Gasteiger partial charge in [-0.2, -0.15) is 0 Å². The maximum absolute atomic E-state index is 12.4. The third-order valence-electron chi connectivity index (χ3n) is 4.57. The van der Waals surface area contributed by atoms with E-state index in [9.17, 15) is 9.59 Å². The zero-order chi connectivity index (χ0) is 14.4. The molecule has 1 aliphatic heterocycles. The van der Waals surface area contributed by atoms with E-state index >= 15 is 0 Å². The zero-order valence-corrected chi connectivity index (χ0v) is 12.7. The summed E-state index contributed by atoms with van der Waals surface area (Å²) in [5.41, 5.74) is 0. The minimum atomic E-state index is -0.207. The second-order valence-electron chi connectivity index (χ2n) is 6.19. The fourth-order valence-corrected chi connectivity index (χ4v) is 3.35. The second-order valence-corrected chi connectivity index (χ2v) is 6.19. The summed E-state index contributed by atoms with van der Waals surface area (Å²) in [6.45, 7) is 2.84. The molecule has 2 aliphatic rings. The molecule has 4 heteroatoms. The number of amides is 2. The average molecular weight is 280 g/mol. The average Bonchev–Trinajstić information content (AvgIpc) is 2.95. The fraction of sp³-hybridized carbons (Fsp3) is 0.875. The van der Waals surface area contributed by atoms with Crippen molar-refractivity contribution in [2.45, 2.75) is 83.2 Å². The van der Waals surface area contributed by atoms with Crippen LogP contribution in [0.25, 0.3) is 0 Å². The molecule has 0 unspecified atom stereocenters. The molecular formula is C16H28N2O2. The first kappa shape index (κ1) is 15.3. The Balaban J connectivity index is 1.85. The van der Waals surface area contributed by atoms with Crippen LogP contribution in [0.5, 0.6) is 0 Å². The number of carbonyl (C=O) groups is 2. The normalized spacial score (nSPS) is 23.9. The van der Waals surface area contributed by atoms with Gasteiger partial charge in [-0.3, -0.25) is 9.59 Å². The van der Waals surface area contributed by atoms with Crippen LogP contribution in [0.4, 0.5) is 0 Å².